The van der Waals surface area contributed by atoms with E-state index in [4.69, 9.17) is 23.2 Å². The van der Waals surface area contributed by atoms with Gasteiger partial charge in [-0.15, -0.1) is 11.3 Å². The molecule has 1 aliphatic rings. The number of thiophene rings is 1. The fourth-order valence-electron chi connectivity index (χ4n) is 4.51. The average molecular weight is 559 g/mol. The summed E-state index contributed by atoms with van der Waals surface area (Å²) in [5, 5.41) is 5.10. The molecule has 0 atom stereocenters. The highest BCUT2D eigenvalue weighted by molar-refractivity contribution is 7.91. The minimum absolute atomic E-state index is 0.116. The zero-order chi connectivity index (χ0) is 25.9. The second-order valence-corrected chi connectivity index (χ2v) is 14.4. The van der Waals surface area contributed by atoms with Crippen molar-refractivity contribution in [1.29, 1.82) is 0 Å². The van der Waals surface area contributed by atoms with Gasteiger partial charge in [0.2, 0.25) is 0 Å². The molecule has 186 valence electrons. The molecule has 4 aromatic rings. The van der Waals surface area contributed by atoms with Crippen molar-refractivity contribution in [3.63, 3.8) is 0 Å². The van der Waals surface area contributed by atoms with Crippen LogP contribution in [0, 0.1) is 0 Å². The number of carbonyl (C=O) groups excluding carboxylic acids is 1. The van der Waals surface area contributed by atoms with E-state index in [1.807, 2.05) is 54.6 Å². The van der Waals surface area contributed by atoms with Crippen LogP contribution in [0.1, 0.15) is 53.1 Å². The van der Waals surface area contributed by atoms with Gasteiger partial charge in [0, 0.05) is 32.1 Å². The fraction of sp³-hybridized carbons (Fsp3) is 0.250. The molecule has 36 heavy (non-hydrogen) atoms. The standard InChI is InChI=1S/C28H25Cl2NO3S2/c1-27(2,36(3,33)34)19-6-9-24-17(12-19)13-25(35-24)26(32)31-23-15-20(14-22(30)16-23)28(10-11-28)18-4-7-21(29)8-5-18/h4-9,12-16H,10-11H2,1-3H3,(H,31,32). The number of halogens is 2. The number of sulfone groups is 1. The highest BCUT2D eigenvalue weighted by atomic mass is 35.5. The molecule has 3 aromatic carbocycles. The lowest BCUT2D eigenvalue weighted by Crippen LogP contribution is -2.27. The molecule has 1 N–H and O–H groups in total. The van der Waals surface area contributed by atoms with Gasteiger partial charge in [-0.25, -0.2) is 8.42 Å². The molecule has 0 unspecified atom stereocenters. The van der Waals surface area contributed by atoms with Crippen LogP contribution in [0.25, 0.3) is 10.1 Å². The highest BCUT2D eigenvalue weighted by Gasteiger charge is 2.46. The lowest BCUT2D eigenvalue weighted by Gasteiger charge is -2.23. The molecule has 0 aliphatic heterocycles. The Morgan fingerprint density at radius 1 is 0.917 bits per heavy atom. The summed E-state index contributed by atoms with van der Waals surface area (Å²) in [7, 11) is -3.31. The van der Waals surface area contributed by atoms with Gasteiger partial charge in [-0.05, 0) is 97.3 Å². The fourth-order valence-corrected chi connectivity index (χ4v) is 6.37. The molecule has 0 spiro atoms. The molecule has 1 aromatic heterocycles. The van der Waals surface area contributed by atoms with Crippen molar-refractivity contribution in [2.24, 2.45) is 0 Å². The number of hydrogen-bond acceptors (Lipinski definition) is 4. The Balaban J connectivity index is 1.42. The van der Waals surface area contributed by atoms with E-state index >= 15 is 0 Å². The van der Waals surface area contributed by atoms with Crippen molar-refractivity contribution in [2.45, 2.75) is 36.9 Å². The Morgan fingerprint density at radius 3 is 2.25 bits per heavy atom. The first-order valence-electron chi connectivity index (χ1n) is 11.5. The molecule has 1 amide bonds. The van der Waals surface area contributed by atoms with E-state index in [1.54, 1.807) is 26.0 Å². The monoisotopic (exact) mass is 557 g/mol. The van der Waals surface area contributed by atoms with Gasteiger partial charge in [0.1, 0.15) is 0 Å². The Labute approximate surface area is 225 Å². The summed E-state index contributed by atoms with van der Waals surface area (Å²) in [5.74, 6) is -0.232. The van der Waals surface area contributed by atoms with Crippen molar-refractivity contribution in [3.8, 4) is 0 Å². The summed E-state index contributed by atoms with van der Waals surface area (Å²) in [6, 6.07) is 20.9. The molecular weight excluding hydrogens is 533 g/mol. The number of carbonyl (C=O) groups is 1. The van der Waals surface area contributed by atoms with Gasteiger partial charge >= 0.3 is 0 Å². The largest absolute Gasteiger partial charge is 0.321 e. The summed E-state index contributed by atoms with van der Waals surface area (Å²) in [6.45, 7) is 3.38. The molecule has 0 bridgehead atoms. The second kappa shape index (κ2) is 8.88. The van der Waals surface area contributed by atoms with Crippen LogP contribution in [0.3, 0.4) is 0 Å². The summed E-state index contributed by atoms with van der Waals surface area (Å²) >= 11 is 13.9. The van der Waals surface area contributed by atoms with Gasteiger partial charge in [0.25, 0.3) is 5.91 Å². The van der Waals surface area contributed by atoms with Crippen LogP contribution in [0.15, 0.2) is 66.7 Å². The third-order valence-corrected chi connectivity index (χ3v) is 10.9. The first-order valence-corrected chi connectivity index (χ1v) is 15.0. The maximum Gasteiger partial charge on any atom is 0.265 e. The second-order valence-electron chi connectivity index (χ2n) is 9.92. The van der Waals surface area contributed by atoms with Crippen molar-refractivity contribution in [2.75, 3.05) is 11.6 Å². The molecule has 8 heteroatoms. The maximum absolute atomic E-state index is 13.2. The lowest BCUT2D eigenvalue weighted by atomic mass is 9.88. The third-order valence-electron chi connectivity index (χ3n) is 7.22. The van der Waals surface area contributed by atoms with E-state index < -0.39 is 14.6 Å². The van der Waals surface area contributed by atoms with E-state index in [9.17, 15) is 13.2 Å². The maximum atomic E-state index is 13.2. The summed E-state index contributed by atoms with van der Waals surface area (Å²) in [6.07, 6.45) is 3.25. The van der Waals surface area contributed by atoms with Gasteiger partial charge in [0.05, 0.1) is 9.62 Å². The van der Waals surface area contributed by atoms with Crippen molar-refractivity contribution >= 4 is 66.1 Å². The van der Waals surface area contributed by atoms with Gasteiger partial charge in [0.15, 0.2) is 9.84 Å². The predicted molar refractivity (Wildman–Crippen MR) is 151 cm³/mol. The molecule has 1 aliphatic carbocycles. The number of fused-ring (bicyclic) bond motifs is 1. The van der Waals surface area contributed by atoms with E-state index in [0.29, 0.717) is 26.2 Å². The zero-order valence-electron chi connectivity index (χ0n) is 20.1. The molecule has 0 saturated heterocycles. The number of nitrogens with one attached hydrogen (secondary N) is 1. The average Bonchev–Trinajstić information content (AvgIpc) is 3.50. The Morgan fingerprint density at radius 2 is 1.61 bits per heavy atom. The molecule has 1 saturated carbocycles. The summed E-state index contributed by atoms with van der Waals surface area (Å²) in [4.78, 5) is 13.7. The summed E-state index contributed by atoms with van der Waals surface area (Å²) < 4.78 is 24.4. The van der Waals surface area contributed by atoms with Crippen LogP contribution in [0.5, 0.6) is 0 Å². The van der Waals surface area contributed by atoms with Crippen molar-refractivity contribution in [1.82, 2.24) is 0 Å². The molecule has 4 nitrogen and oxygen atoms in total. The quantitative estimate of drug-likeness (QED) is 0.263. The van der Waals surface area contributed by atoms with Crippen molar-refractivity contribution < 1.29 is 13.2 Å². The van der Waals surface area contributed by atoms with Gasteiger partial charge in [-0.3, -0.25) is 4.79 Å². The SMILES string of the molecule is CC(C)(c1ccc2sc(C(=O)Nc3cc(Cl)cc(C4(c5ccc(Cl)cc5)CC4)c3)cc2c1)S(C)(=O)=O. The number of rotatable bonds is 6. The smallest absolute Gasteiger partial charge is 0.265 e. The van der Waals surface area contributed by atoms with E-state index in [-0.39, 0.29) is 11.3 Å². The molecular formula is C28H25Cl2NO3S2. The minimum Gasteiger partial charge on any atom is -0.321 e. The molecule has 0 radical (unpaired) electrons. The first kappa shape index (κ1) is 25.3. The van der Waals surface area contributed by atoms with Crippen LogP contribution < -0.4 is 5.32 Å². The number of anilines is 1. The highest BCUT2D eigenvalue weighted by Crippen LogP contribution is 2.54. The van der Waals surface area contributed by atoms with Gasteiger partial charge in [-0.2, -0.15) is 0 Å². The number of hydrogen-bond donors (Lipinski definition) is 1. The normalized spacial score (nSPS) is 15.1. The Bertz CT molecular complexity index is 1600. The first-order chi connectivity index (χ1) is 16.9. The van der Waals surface area contributed by atoms with Gasteiger partial charge in [-0.1, -0.05) is 41.4 Å². The van der Waals surface area contributed by atoms with E-state index in [1.165, 1.54) is 23.2 Å². The van der Waals surface area contributed by atoms with Crippen LogP contribution in [0.2, 0.25) is 10.0 Å². The predicted octanol–water partition coefficient (Wildman–Crippen LogP) is 7.82. The number of benzene rings is 3. The lowest BCUT2D eigenvalue weighted by molar-refractivity contribution is 0.103. The van der Waals surface area contributed by atoms with Crippen molar-refractivity contribution in [3.05, 3.63) is 98.3 Å². The number of amides is 1. The third kappa shape index (κ3) is 4.56. The zero-order valence-corrected chi connectivity index (χ0v) is 23.2. The van der Waals surface area contributed by atoms with Crippen LogP contribution in [-0.4, -0.2) is 20.6 Å². The topological polar surface area (TPSA) is 63.2 Å². The molecule has 1 heterocycles. The van der Waals surface area contributed by atoms with Crippen LogP contribution in [0.4, 0.5) is 5.69 Å². The molecule has 5 rings (SSSR count). The minimum atomic E-state index is -3.31. The molecule has 1 fully saturated rings. The van der Waals surface area contributed by atoms with E-state index in [0.717, 1.165) is 28.5 Å². The summed E-state index contributed by atoms with van der Waals surface area (Å²) in [5.41, 5.74) is 3.47. The van der Waals surface area contributed by atoms with Gasteiger partial charge < -0.3 is 5.32 Å². The Kier molecular flexibility index (Phi) is 6.23. The van der Waals surface area contributed by atoms with E-state index in [2.05, 4.69) is 5.32 Å². The van der Waals surface area contributed by atoms with Crippen LogP contribution in [-0.2, 0) is 20.0 Å². The van der Waals surface area contributed by atoms with Crippen LogP contribution >= 0.6 is 34.5 Å². The Hall–Kier alpha value is -2.38.